The van der Waals surface area contributed by atoms with Crippen LogP contribution in [0.25, 0.3) is 0 Å². The second kappa shape index (κ2) is 8.71. The largest absolute Gasteiger partial charge is 0.497 e. The molecule has 2 N–H and O–H groups in total. The molecule has 0 radical (unpaired) electrons. The van der Waals surface area contributed by atoms with Crippen LogP contribution < -0.4 is 20.1 Å². The van der Waals surface area contributed by atoms with Gasteiger partial charge < -0.3 is 20.1 Å². The molecule has 0 atom stereocenters. The van der Waals surface area contributed by atoms with E-state index in [9.17, 15) is 4.79 Å². The lowest BCUT2D eigenvalue weighted by Crippen LogP contribution is -2.15. The first-order valence-corrected chi connectivity index (χ1v) is 7.77. The standard InChI is InChI=1S/C17H22N4O3/c1-4-5-8-18-16-10-14(19-11-20-16)17(22)21-13-9-12(23-2)6-7-15(13)24-3/h6-7,9-11H,4-5,8H2,1-3H3,(H,21,22)(H,18,19,20). The van der Waals surface area contributed by atoms with E-state index in [1.165, 1.54) is 13.4 Å². The predicted molar refractivity (Wildman–Crippen MR) is 92.9 cm³/mol. The molecule has 0 aliphatic rings. The Morgan fingerprint density at radius 3 is 2.71 bits per heavy atom. The Balaban J connectivity index is 2.13. The monoisotopic (exact) mass is 330 g/mol. The highest BCUT2D eigenvalue weighted by Gasteiger charge is 2.13. The van der Waals surface area contributed by atoms with Crippen LogP contribution in [0.4, 0.5) is 11.5 Å². The third kappa shape index (κ3) is 4.58. The van der Waals surface area contributed by atoms with Crippen molar-refractivity contribution in [2.45, 2.75) is 19.8 Å². The summed E-state index contributed by atoms with van der Waals surface area (Å²) in [4.78, 5) is 20.6. The lowest BCUT2D eigenvalue weighted by atomic mass is 10.2. The first-order valence-electron chi connectivity index (χ1n) is 7.77. The third-order valence-corrected chi connectivity index (χ3v) is 3.39. The fourth-order valence-electron chi connectivity index (χ4n) is 2.07. The van der Waals surface area contributed by atoms with Gasteiger partial charge in [0.25, 0.3) is 5.91 Å². The number of aromatic nitrogens is 2. The van der Waals surface area contributed by atoms with Gasteiger partial charge in [-0.2, -0.15) is 0 Å². The Labute approximate surface area is 141 Å². The average molecular weight is 330 g/mol. The van der Waals surface area contributed by atoms with Crippen LogP contribution in [0.5, 0.6) is 11.5 Å². The smallest absolute Gasteiger partial charge is 0.274 e. The number of benzene rings is 1. The van der Waals surface area contributed by atoms with E-state index in [-0.39, 0.29) is 11.6 Å². The summed E-state index contributed by atoms with van der Waals surface area (Å²) < 4.78 is 10.4. The summed E-state index contributed by atoms with van der Waals surface area (Å²) in [6.45, 7) is 2.92. The number of ether oxygens (including phenoxy) is 2. The van der Waals surface area contributed by atoms with Gasteiger partial charge in [-0.25, -0.2) is 9.97 Å². The highest BCUT2D eigenvalue weighted by atomic mass is 16.5. The molecule has 1 heterocycles. The molecule has 0 bridgehead atoms. The van der Waals surface area contributed by atoms with Gasteiger partial charge in [0, 0.05) is 18.7 Å². The lowest BCUT2D eigenvalue weighted by Gasteiger charge is -2.12. The molecular weight excluding hydrogens is 308 g/mol. The average Bonchev–Trinajstić information content (AvgIpc) is 2.62. The molecule has 1 amide bonds. The van der Waals surface area contributed by atoms with E-state index in [0.29, 0.717) is 23.0 Å². The summed E-state index contributed by atoms with van der Waals surface area (Å²) in [6.07, 6.45) is 3.49. The molecule has 0 saturated heterocycles. The third-order valence-electron chi connectivity index (χ3n) is 3.39. The van der Waals surface area contributed by atoms with Crippen LogP contribution in [0.2, 0.25) is 0 Å². The number of unbranched alkanes of at least 4 members (excludes halogenated alkanes) is 1. The number of carbonyl (C=O) groups is 1. The second-order valence-electron chi connectivity index (χ2n) is 5.09. The zero-order valence-electron chi connectivity index (χ0n) is 14.1. The Bertz CT molecular complexity index is 691. The van der Waals surface area contributed by atoms with Gasteiger partial charge in [0.1, 0.15) is 29.3 Å². The number of nitrogens with zero attached hydrogens (tertiary/aromatic N) is 2. The molecule has 2 rings (SSSR count). The van der Waals surface area contributed by atoms with Gasteiger partial charge in [-0.1, -0.05) is 13.3 Å². The number of amides is 1. The number of methoxy groups -OCH3 is 2. The Kier molecular flexibility index (Phi) is 6.36. The normalized spacial score (nSPS) is 10.1. The zero-order chi connectivity index (χ0) is 17.4. The summed E-state index contributed by atoms with van der Waals surface area (Å²) in [6, 6.07) is 6.80. The van der Waals surface area contributed by atoms with Gasteiger partial charge in [0.15, 0.2) is 0 Å². The van der Waals surface area contributed by atoms with Gasteiger partial charge in [-0.05, 0) is 18.6 Å². The minimum absolute atomic E-state index is 0.272. The van der Waals surface area contributed by atoms with Crippen LogP contribution in [0.3, 0.4) is 0 Å². The molecule has 24 heavy (non-hydrogen) atoms. The molecule has 0 aliphatic carbocycles. The highest BCUT2D eigenvalue weighted by molar-refractivity contribution is 6.04. The van der Waals surface area contributed by atoms with Gasteiger partial charge in [0.05, 0.1) is 19.9 Å². The first-order chi connectivity index (χ1) is 11.7. The minimum Gasteiger partial charge on any atom is -0.497 e. The molecule has 128 valence electrons. The van der Waals surface area contributed by atoms with Gasteiger partial charge >= 0.3 is 0 Å². The van der Waals surface area contributed by atoms with Crippen molar-refractivity contribution < 1.29 is 14.3 Å². The van der Waals surface area contributed by atoms with Crippen molar-refractivity contribution in [3.8, 4) is 11.5 Å². The van der Waals surface area contributed by atoms with Crippen molar-refractivity contribution in [3.05, 3.63) is 36.3 Å². The summed E-state index contributed by atoms with van der Waals surface area (Å²) in [7, 11) is 3.10. The van der Waals surface area contributed by atoms with E-state index in [2.05, 4.69) is 27.5 Å². The van der Waals surface area contributed by atoms with Crippen LogP contribution in [-0.2, 0) is 0 Å². The van der Waals surface area contributed by atoms with E-state index in [1.54, 1.807) is 31.4 Å². The molecule has 7 heteroatoms. The van der Waals surface area contributed by atoms with Crippen molar-refractivity contribution in [1.29, 1.82) is 0 Å². The SMILES string of the molecule is CCCCNc1cc(C(=O)Nc2cc(OC)ccc2OC)ncn1. The van der Waals surface area contributed by atoms with Gasteiger partial charge in [-0.15, -0.1) is 0 Å². The van der Waals surface area contributed by atoms with Crippen molar-refractivity contribution in [3.63, 3.8) is 0 Å². The highest BCUT2D eigenvalue weighted by Crippen LogP contribution is 2.29. The maximum absolute atomic E-state index is 12.4. The van der Waals surface area contributed by atoms with Gasteiger partial charge in [0.2, 0.25) is 0 Å². The maximum Gasteiger partial charge on any atom is 0.274 e. The van der Waals surface area contributed by atoms with Crippen molar-refractivity contribution >= 4 is 17.4 Å². The quantitative estimate of drug-likeness (QED) is 0.724. The molecule has 1 aromatic carbocycles. The summed E-state index contributed by atoms with van der Waals surface area (Å²) in [5.41, 5.74) is 0.787. The maximum atomic E-state index is 12.4. The summed E-state index contributed by atoms with van der Waals surface area (Å²) in [5, 5.41) is 5.95. The van der Waals surface area contributed by atoms with Crippen LogP contribution in [0.15, 0.2) is 30.6 Å². The number of hydrogen-bond acceptors (Lipinski definition) is 6. The number of hydrogen-bond donors (Lipinski definition) is 2. The summed E-state index contributed by atoms with van der Waals surface area (Å²) in [5.74, 6) is 1.44. The Morgan fingerprint density at radius 1 is 1.17 bits per heavy atom. The first kappa shape index (κ1) is 17.5. The molecule has 2 aromatic rings. The van der Waals surface area contributed by atoms with E-state index >= 15 is 0 Å². The topological polar surface area (TPSA) is 85.4 Å². The molecule has 1 aromatic heterocycles. The number of carbonyl (C=O) groups excluding carboxylic acids is 1. The van der Waals surface area contributed by atoms with Crippen LogP contribution in [0.1, 0.15) is 30.3 Å². The molecular formula is C17H22N4O3. The van der Waals surface area contributed by atoms with Crippen molar-refractivity contribution in [2.24, 2.45) is 0 Å². The van der Waals surface area contributed by atoms with Crippen LogP contribution in [-0.4, -0.2) is 36.6 Å². The minimum atomic E-state index is -0.345. The van der Waals surface area contributed by atoms with Crippen LogP contribution in [0, 0.1) is 0 Å². The molecule has 0 spiro atoms. The molecule has 7 nitrogen and oxygen atoms in total. The van der Waals surface area contributed by atoms with Crippen molar-refractivity contribution in [1.82, 2.24) is 9.97 Å². The lowest BCUT2D eigenvalue weighted by molar-refractivity contribution is 0.102. The predicted octanol–water partition coefficient (Wildman–Crippen LogP) is 2.96. The van der Waals surface area contributed by atoms with Crippen molar-refractivity contribution in [2.75, 3.05) is 31.4 Å². The Hall–Kier alpha value is -2.83. The summed E-state index contributed by atoms with van der Waals surface area (Å²) >= 11 is 0. The molecule has 0 aliphatic heterocycles. The van der Waals surface area contributed by atoms with E-state index in [1.807, 2.05) is 0 Å². The second-order valence-corrected chi connectivity index (χ2v) is 5.09. The Morgan fingerprint density at radius 2 is 2.00 bits per heavy atom. The molecule has 0 unspecified atom stereocenters. The fraction of sp³-hybridized carbons (Fsp3) is 0.353. The number of anilines is 2. The van der Waals surface area contributed by atoms with E-state index in [4.69, 9.17) is 9.47 Å². The number of nitrogens with one attached hydrogen (secondary N) is 2. The van der Waals surface area contributed by atoms with E-state index in [0.717, 1.165) is 19.4 Å². The van der Waals surface area contributed by atoms with Crippen LogP contribution >= 0.6 is 0 Å². The fourth-order valence-corrected chi connectivity index (χ4v) is 2.07. The molecule has 0 fully saturated rings. The molecule has 0 saturated carbocycles. The number of rotatable bonds is 8. The van der Waals surface area contributed by atoms with Gasteiger partial charge in [-0.3, -0.25) is 4.79 Å². The zero-order valence-corrected chi connectivity index (χ0v) is 14.1. The van der Waals surface area contributed by atoms with E-state index < -0.39 is 0 Å².